The largest absolute Gasteiger partial charge is 0.355 e. The lowest BCUT2D eigenvalue weighted by atomic mass is 9.89. The Kier molecular flexibility index (Phi) is 7.90. The molecule has 2 atom stereocenters. The number of benzene rings is 1. The Bertz CT molecular complexity index is 613. The molecule has 0 aliphatic carbocycles. The number of Topliss-reactive ketones (excluding diaryl/α,β-unsaturated/α-hetero) is 1. The summed E-state index contributed by atoms with van der Waals surface area (Å²) in [5.41, 5.74) is 0.766. The van der Waals surface area contributed by atoms with Crippen LogP contribution in [0.25, 0.3) is 0 Å². The van der Waals surface area contributed by atoms with E-state index in [0.29, 0.717) is 17.4 Å². The number of nitriles is 1. The number of hydrogen-bond acceptors (Lipinski definition) is 3. The van der Waals surface area contributed by atoms with Crippen LogP contribution in [0.15, 0.2) is 22.7 Å². The monoisotopic (exact) mass is 382 g/mol. The average Bonchev–Trinajstić information content (AvgIpc) is 2.51. The Morgan fingerprint density at radius 3 is 2.70 bits per heavy atom. The lowest BCUT2D eigenvalue weighted by Gasteiger charge is -2.15. The van der Waals surface area contributed by atoms with Crippen LogP contribution < -0.4 is 5.32 Å². The molecule has 1 aromatic carbocycles. The molecule has 6 heteroatoms. The zero-order valence-corrected chi connectivity index (χ0v) is 14.8. The van der Waals surface area contributed by atoms with Crippen LogP contribution in [0.4, 0.5) is 4.39 Å². The van der Waals surface area contributed by atoms with Crippen molar-refractivity contribution in [1.82, 2.24) is 5.32 Å². The molecule has 0 radical (unpaired) electrons. The Balaban J connectivity index is 2.71. The van der Waals surface area contributed by atoms with Gasteiger partial charge < -0.3 is 5.32 Å². The summed E-state index contributed by atoms with van der Waals surface area (Å²) in [6.45, 7) is 4.12. The first-order chi connectivity index (χ1) is 10.9. The maximum absolute atomic E-state index is 13.2. The predicted octanol–water partition coefficient (Wildman–Crippen LogP) is 3.39. The number of unbranched alkanes of at least 4 members (excludes halogenated alkanes) is 1. The highest BCUT2D eigenvalue weighted by Crippen LogP contribution is 2.20. The summed E-state index contributed by atoms with van der Waals surface area (Å²) in [5.74, 6) is -3.14. The third kappa shape index (κ3) is 5.76. The van der Waals surface area contributed by atoms with Gasteiger partial charge in [0.1, 0.15) is 5.82 Å². The number of carbonyl (C=O) groups excluding carboxylic acids is 2. The van der Waals surface area contributed by atoms with Crippen molar-refractivity contribution >= 4 is 27.6 Å². The third-order valence-electron chi connectivity index (χ3n) is 3.52. The number of nitrogens with one attached hydrogen (secondary N) is 1. The smallest absolute Gasteiger partial charge is 0.245 e. The number of amides is 1. The summed E-state index contributed by atoms with van der Waals surface area (Å²) in [6, 6.07) is 6.29. The summed E-state index contributed by atoms with van der Waals surface area (Å²) < 4.78 is 13.5. The highest BCUT2D eigenvalue weighted by molar-refractivity contribution is 9.10. The lowest BCUT2D eigenvalue weighted by molar-refractivity contribution is -0.133. The Morgan fingerprint density at radius 2 is 2.13 bits per heavy atom. The Hall–Kier alpha value is -1.74. The normalized spacial score (nSPS) is 13.0. The minimum absolute atomic E-state index is 0.323. The van der Waals surface area contributed by atoms with Crippen molar-refractivity contribution in [2.24, 2.45) is 11.8 Å². The molecule has 0 spiro atoms. The minimum Gasteiger partial charge on any atom is -0.355 e. The van der Waals surface area contributed by atoms with Crippen LogP contribution in [0, 0.1) is 29.0 Å². The second-order valence-corrected chi connectivity index (χ2v) is 6.32. The maximum atomic E-state index is 13.2. The molecule has 23 heavy (non-hydrogen) atoms. The number of halogens is 2. The van der Waals surface area contributed by atoms with E-state index in [1.807, 2.05) is 6.92 Å². The van der Waals surface area contributed by atoms with E-state index in [9.17, 15) is 14.0 Å². The van der Waals surface area contributed by atoms with Gasteiger partial charge in [0, 0.05) is 12.5 Å². The van der Waals surface area contributed by atoms with Crippen LogP contribution in [0.5, 0.6) is 0 Å². The van der Waals surface area contributed by atoms with Crippen molar-refractivity contribution < 1.29 is 14.0 Å². The van der Waals surface area contributed by atoms with Gasteiger partial charge in [0.05, 0.1) is 10.5 Å². The van der Waals surface area contributed by atoms with Gasteiger partial charge in [-0.15, -0.1) is 0 Å². The fourth-order valence-corrected chi connectivity index (χ4v) is 2.57. The van der Waals surface area contributed by atoms with Gasteiger partial charge in [0.25, 0.3) is 0 Å². The average molecular weight is 383 g/mol. The maximum Gasteiger partial charge on any atom is 0.245 e. The van der Waals surface area contributed by atoms with E-state index in [1.54, 1.807) is 25.1 Å². The van der Waals surface area contributed by atoms with E-state index < -0.39 is 23.5 Å². The summed E-state index contributed by atoms with van der Waals surface area (Å²) in [5, 5.41) is 11.7. The van der Waals surface area contributed by atoms with Crippen LogP contribution in [-0.2, 0) is 16.0 Å². The van der Waals surface area contributed by atoms with Crippen molar-refractivity contribution in [2.45, 2.75) is 33.1 Å². The van der Waals surface area contributed by atoms with Gasteiger partial charge in [-0.05, 0) is 46.5 Å². The molecule has 0 bridgehead atoms. The zero-order valence-electron chi connectivity index (χ0n) is 13.2. The quantitative estimate of drug-likeness (QED) is 0.553. The molecule has 0 aliphatic heterocycles. The Labute approximate surface area is 144 Å². The lowest BCUT2D eigenvalue weighted by Crippen LogP contribution is -2.37. The number of carbonyl (C=O) groups is 2. The first-order valence-corrected chi connectivity index (χ1v) is 8.35. The molecule has 0 saturated heterocycles. The topological polar surface area (TPSA) is 70.0 Å². The predicted molar refractivity (Wildman–Crippen MR) is 89.0 cm³/mol. The summed E-state index contributed by atoms with van der Waals surface area (Å²) in [7, 11) is 0. The van der Waals surface area contributed by atoms with Crippen molar-refractivity contribution in [2.75, 3.05) is 6.54 Å². The van der Waals surface area contributed by atoms with Gasteiger partial charge in [0.15, 0.2) is 11.7 Å². The number of rotatable bonds is 8. The Morgan fingerprint density at radius 1 is 1.43 bits per heavy atom. The van der Waals surface area contributed by atoms with Gasteiger partial charge in [-0.25, -0.2) is 4.39 Å². The highest BCUT2D eigenvalue weighted by atomic mass is 79.9. The fourth-order valence-electron chi connectivity index (χ4n) is 2.15. The van der Waals surface area contributed by atoms with Gasteiger partial charge in [-0.2, -0.15) is 5.26 Å². The van der Waals surface area contributed by atoms with Crippen molar-refractivity contribution in [3.05, 3.63) is 34.1 Å². The second kappa shape index (κ2) is 9.41. The summed E-state index contributed by atoms with van der Waals surface area (Å²) >= 11 is 3.10. The standard InChI is InChI=1S/C17H20BrFN2O2/c1-3-4-7-21-17(23)13(10-20)16(22)11(2)8-12-5-6-15(19)14(18)9-12/h5-6,9,11,13H,3-4,7-8H2,1-2H3,(H,21,23)/t11-,13+/m0/s1. The van der Waals surface area contributed by atoms with E-state index in [-0.39, 0.29) is 5.82 Å². The molecular weight excluding hydrogens is 363 g/mol. The van der Waals surface area contributed by atoms with E-state index in [4.69, 9.17) is 5.26 Å². The molecule has 4 nitrogen and oxygen atoms in total. The van der Waals surface area contributed by atoms with Crippen LogP contribution in [0.2, 0.25) is 0 Å². The zero-order chi connectivity index (χ0) is 17.4. The van der Waals surface area contributed by atoms with Gasteiger partial charge >= 0.3 is 0 Å². The van der Waals surface area contributed by atoms with Gasteiger partial charge in [0.2, 0.25) is 5.91 Å². The number of ketones is 1. The molecule has 0 fully saturated rings. The van der Waals surface area contributed by atoms with Crippen LogP contribution in [-0.4, -0.2) is 18.2 Å². The molecule has 0 heterocycles. The van der Waals surface area contributed by atoms with Crippen molar-refractivity contribution in [1.29, 1.82) is 5.26 Å². The SMILES string of the molecule is CCCCNC(=O)[C@H](C#N)C(=O)[C@@H](C)Cc1ccc(F)c(Br)c1. The molecule has 0 aromatic heterocycles. The molecule has 0 aliphatic rings. The molecular formula is C17H20BrFN2O2. The van der Waals surface area contributed by atoms with E-state index in [0.717, 1.165) is 18.4 Å². The molecule has 124 valence electrons. The molecule has 1 aromatic rings. The van der Waals surface area contributed by atoms with E-state index >= 15 is 0 Å². The number of nitrogens with zero attached hydrogens (tertiary/aromatic N) is 1. The minimum atomic E-state index is -1.30. The fraction of sp³-hybridized carbons (Fsp3) is 0.471. The van der Waals surface area contributed by atoms with Crippen LogP contribution >= 0.6 is 15.9 Å². The number of hydrogen-bond donors (Lipinski definition) is 1. The summed E-state index contributed by atoms with van der Waals surface area (Å²) in [6.07, 6.45) is 2.07. The summed E-state index contributed by atoms with van der Waals surface area (Å²) in [4.78, 5) is 24.3. The highest BCUT2D eigenvalue weighted by Gasteiger charge is 2.30. The molecule has 1 amide bonds. The molecule has 1 N–H and O–H groups in total. The van der Waals surface area contributed by atoms with Crippen molar-refractivity contribution in [3.63, 3.8) is 0 Å². The van der Waals surface area contributed by atoms with Gasteiger partial charge in [-0.1, -0.05) is 26.3 Å². The first kappa shape index (κ1) is 19.3. The van der Waals surface area contributed by atoms with Gasteiger partial charge in [-0.3, -0.25) is 9.59 Å². The van der Waals surface area contributed by atoms with Crippen molar-refractivity contribution in [3.8, 4) is 6.07 Å². The molecule has 0 unspecified atom stereocenters. The first-order valence-electron chi connectivity index (χ1n) is 7.55. The van der Waals surface area contributed by atoms with E-state index in [1.165, 1.54) is 6.07 Å². The second-order valence-electron chi connectivity index (χ2n) is 5.46. The molecule has 1 rings (SSSR count). The third-order valence-corrected chi connectivity index (χ3v) is 4.12. The van der Waals surface area contributed by atoms with E-state index in [2.05, 4.69) is 21.2 Å². The van der Waals surface area contributed by atoms with Crippen LogP contribution in [0.3, 0.4) is 0 Å². The van der Waals surface area contributed by atoms with Crippen LogP contribution in [0.1, 0.15) is 32.3 Å². The molecule has 0 saturated carbocycles.